The third-order valence-corrected chi connectivity index (χ3v) is 4.88. The van der Waals surface area contributed by atoms with Gasteiger partial charge in [0.1, 0.15) is 11.3 Å². The minimum absolute atomic E-state index is 0.0650. The summed E-state index contributed by atoms with van der Waals surface area (Å²) in [5.74, 6) is 0.529. The monoisotopic (exact) mass is 327 g/mol. The van der Waals surface area contributed by atoms with Gasteiger partial charge in [-0.05, 0) is 32.3 Å². The molecular weight excluding hydrogens is 302 g/mol. The number of hydrogen-bond donors (Lipinski definition) is 1. The van der Waals surface area contributed by atoms with Gasteiger partial charge in [-0.2, -0.15) is 0 Å². The summed E-state index contributed by atoms with van der Waals surface area (Å²) >= 11 is 0. The topological polar surface area (TPSA) is 58.4 Å². The lowest BCUT2D eigenvalue weighted by Gasteiger charge is -2.24. The molecule has 2 atom stereocenters. The largest absolute Gasteiger partial charge is 0.361 e. The van der Waals surface area contributed by atoms with Gasteiger partial charge in [0, 0.05) is 25.2 Å². The molecule has 2 heterocycles. The van der Waals surface area contributed by atoms with Gasteiger partial charge in [-0.25, -0.2) is 0 Å². The zero-order valence-corrected chi connectivity index (χ0v) is 14.6. The van der Waals surface area contributed by atoms with Gasteiger partial charge in [-0.3, -0.25) is 9.69 Å². The van der Waals surface area contributed by atoms with E-state index in [0.717, 1.165) is 25.2 Å². The van der Waals surface area contributed by atoms with Crippen LogP contribution < -0.4 is 5.32 Å². The molecule has 1 fully saturated rings. The Morgan fingerprint density at radius 1 is 1.42 bits per heavy atom. The van der Waals surface area contributed by atoms with E-state index in [2.05, 4.69) is 46.6 Å². The number of rotatable bonds is 5. The molecule has 128 valence electrons. The zero-order valence-electron chi connectivity index (χ0n) is 14.6. The molecule has 0 saturated carbocycles. The van der Waals surface area contributed by atoms with Crippen LogP contribution in [0.3, 0.4) is 0 Å². The number of carbonyl (C=O) groups excluding carboxylic acids is 1. The molecule has 5 nitrogen and oxygen atoms in total. The average molecular weight is 327 g/mol. The van der Waals surface area contributed by atoms with E-state index in [0.29, 0.717) is 23.8 Å². The van der Waals surface area contributed by atoms with Crippen LogP contribution in [0.25, 0.3) is 0 Å². The second-order valence-corrected chi connectivity index (χ2v) is 6.45. The van der Waals surface area contributed by atoms with Crippen LogP contribution in [0, 0.1) is 6.92 Å². The maximum Gasteiger partial charge on any atom is 0.257 e. The lowest BCUT2D eigenvalue weighted by Crippen LogP contribution is -2.38. The molecule has 0 unspecified atom stereocenters. The molecule has 24 heavy (non-hydrogen) atoms. The van der Waals surface area contributed by atoms with Gasteiger partial charge in [0.05, 0.1) is 5.69 Å². The predicted molar refractivity (Wildman–Crippen MR) is 92.9 cm³/mol. The van der Waals surface area contributed by atoms with Crippen LogP contribution in [-0.2, 0) is 6.42 Å². The molecule has 0 aliphatic carbocycles. The molecule has 1 N–H and O–H groups in total. The van der Waals surface area contributed by atoms with Gasteiger partial charge in [0.2, 0.25) is 0 Å². The molecule has 0 spiro atoms. The fraction of sp³-hybridized carbons (Fsp3) is 0.474. The summed E-state index contributed by atoms with van der Waals surface area (Å²) in [6.45, 7) is 7.85. The van der Waals surface area contributed by atoms with Crippen molar-refractivity contribution in [2.24, 2.45) is 0 Å². The Balaban J connectivity index is 1.62. The number of nitrogens with one attached hydrogen (secondary N) is 1. The fourth-order valence-electron chi connectivity index (χ4n) is 3.41. The molecule has 0 radical (unpaired) electrons. The molecule has 1 amide bonds. The minimum atomic E-state index is -0.0650. The molecule has 1 aromatic heterocycles. The van der Waals surface area contributed by atoms with Crippen molar-refractivity contribution in [2.45, 2.75) is 45.7 Å². The lowest BCUT2D eigenvalue weighted by atomic mass is 10.1. The first kappa shape index (κ1) is 16.7. The summed E-state index contributed by atoms with van der Waals surface area (Å²) in [7, 11) is 0. The number of nitrogens with zero attached hydrogens (tertiary/aromatic N) is 2. The van der Waals surface area contributed by atoms with Gasteiger partial charge < -0.3 is 9.84 Å². The Morgan fingerprint density at radius 2 is 2.17 bits per heavy atom. The van der Waals surface area contributed by atoms with E-state index in [1.54, 1.807) is 6.92 Å². The van der Waals surface area contributed by atoms with Gasteiger partial charge in [0.25, 0.3) is 5.91 Å². The Kier molecular flexibility index (Phi) is 5.00. The van der Waals surface area contributed by atoms with E-state index in [1.165, 1.54) is 5.56 Å². The molecule has 1 aliphatic rings. The molecule has 5 heteroatoms. The number of hydrogen-bond acceptors (Lipinski definition) is 4. The number of aryl methyl sites for hydroxylation is 2. The van der Waals surface area contributed by atoms with Crippen LogP contribution in [0.15, 0.2) is 34.9 Å². The van der Waals surface area contributed by atoms with Crippen molar-refractivity contribution in [3.63, 3.8) is 0 Å². The summed E-state index contributed by atoms with van der Waals surface area (Å²) < 4.78 is 5.17. The summed E-state index contributed by atoms with van der Waals surface area (Å²) in [6.07, 6.45) is 1.66. The van der Waals surface area contributed by atoms with Crippen molar-refractivity contribution < 1.29 is 9.32 Å². The second-order valence-electron chi connectivity index (χ2n) is 6.45. The Hall–Kier alpha value is -2.14. The predicted octanol–water partition coefficient (Wildman–Crippen LogP) is 3.11. The highest BCUT2D eigenvalue weighted by Gasteiger charge is 2.29. The SMILES string of the molecule is CCc1noc(C)c1C(=O)N[C@@H]1CCN([C@H](C)c2ccccc2)C1. The first-order valence-corrected chi connectivity index (χ1v) is 8.65. The number of amides is 1. The van der Waals surface area contributed by atoms with E-state index < -0.39 is 0 Å². The molecule has 1 aromatic carbocycles. The second kappa shape index (κ2) is 7.18. The summed E-state index contributed by atoms with van der Waals surface area (Å²) in [5.41, 5.74) is 2.65. The van der Waals surface area contributed by atoms with Gasteiger partial charge in [-0.1, -0.05) is 42.4 Å². The number of carbonyl (C=O) groups is 1. The van der Waals surface area contributed by atoms with Crippen molar-refractivity contribution in [1.82, 2.24) is 15.4 Å². The number of benzene rings is 1. The molecule has 3 rings (SSSR count). The zero-order chi connectivity index (χ0) is 17.1. The van der Waals surface area contributed by atoms with Crippen LogP contribution >= 0.6 is 0 Å². The molecule has 2 aromatic rings. The number of likely N-dealkylation sites (tertiary alicyclic amines) is 1. The van der Waals surface area contributed by atoms with Crippen LogP contribution in [0.1, 0.15) is 53.7 Å². The average Bonchev–Trinajstić information content (AvgIpc) is 3.21. The Morgan fingerprint density at radius 3 is 2.88 bits per heavy atom. The maximum absolute atomic E-state index is 12.6. The van der Waals surface area contributed by atoms with Gasteiger partial charge in [-0.15, -0.1) is 0 Å². The lowest BCUT2D eigenvalue weighted by molar-refractivity contribution is 0.0934. The van der Waals surface area contributed by atoms with Crippen LogP contribution in [0.4, 0.5) is 0 Å². The smallest absolute Gasteiger partial charge is 0.257 e. The third-order valence-electron chi connectivity index (χ3n) is 4.88. The quantitative estimate of drug-likeness (QED) is 0.917. The Labute approximate surface area is 143 Å². The Bertz CT molecular complexity index is 696. The molecule has 0 bridgehead atoms. The maximum atomic E-state index is 12.6. The first-order chi connectivity index (χ1) is 11.6. The highest BCUT2D eigenvalue weighted by atomic mass is 16.5. The highest BCUT2D eigenvalue weighted by molar-refractivity contribution is 5.96. The van der Waals surface area contributed by atoms with E-state index in [-0.39, 0.29) is 11.9 Å². The summed E-state index contributed by atoms with van der Waals surface area (Å²) in [6, 6.07) is 11.0. The first-order valence-electron chi connectivity index (χ1n) is 8.65. The third kappa shape index (κ3) is 3.36. The van der Waals surface area contributed by atoms with E-state index in [4.69, 9.17) is 4.52 Å². The van der Waals surface area contributed by atoms with Crippen molar-refractivity contribution >= 4 is 5.91 Å². The van der Waals surface area contributed by atoms with Crippen molar-refractivity contribution in [3.05, 3.63) is 52.9 Å². The van der Waals surface area contributed by atoms with Crippen LogP contribution in [0.5, 0.6) is 0 Å². The normalized spacial score (nSPS) is 19.4. The molecule has 1 aliphatic heterocycles. The van der Waals surface area contributed by atoms with Crippen LogP contribution in [-0.4, -0.2) is 35.1 Å². The number of aromatic nitrogens is 1. The van der Waals surface area contributed by atoms with Crippen molar-refractivity contribution in [2.75, 3.05) is 13.1 Å². The van der Waals surface area contributed by atoms with E-state index in [9.17, 15) is 4.79 Å². The van der Waals surface area contributed by atoms with Gasteiger partial charge >= 0.3 is 0 Å². The van der Waals surface area contributed by atoms with E-state index in [1.807, 2.05) is 13.0 Å². The van der Waals surface area contributed by atoms with Gasteiger partial charge in [0.15, 0.2) is 0 Å². The summed E-state index contributed by atoms with van der Waals surface area (Å²) in [5, 5.41) is 7.12. The van der Waals surface area contributed by atoms with Crippen molar-refractivity contribution in [3.8, 4) is 0 Å². The van der Waals surface area contributed by atoms with E-state index >= 15 is 0 Å². The standard InChI is InChI=1S/C19H25N3O2/c1-4-17-18(14(3)24-21-17)19(23)20-16-10-11-22(12-16)13(2)15-8-6-5-7-9-15/h5-9,13,16H,4,10-12H2,1-3H3,(H,20,23)/t13-,16-/m1/s1. The summed E-state index contributed by atoms with van der Waals surface area (Å²) in [4.78, 5) is 15.0. The van der Waals surface area contributed by atoms with Crippen LogP contribution in [0.2, 0.25) is 0 Å². The molecule has 1 saturated heterocycles. The van der Waals surface area contributed by atoms with Crippen molar-refractivity contribution in [1.29, 1.82) is 0 Å². The minimum Gasteiger partial charge on any atom is -0.361 e. The fourth-order valence-corrected chi connectivity index (χ4v) is 3.41. The molecular formula is C19H25N3O2. The highest BCUT2D eigenvalue weighted by Crippen LogP contribution is 2.25.